The topological polar surface area (TPSA) is 96.0 Å². The number of carbonyl (C=O) groups excluding carboxylic acids is 2. The Morgan fingerprint density at radius 2 is 1.97 bits per heavy atom. The van der Waals surface area contributed by atoms with Crippen LogP contribution in [0.1, 0.15) is 38.2 Å². The number of nitrogens with zero attached hydrogens (tertiary/aromatic N) is 2. The highest BCUT2D eigenvalue weighted by atomic mass is 32.2. The lowest BCUT2D eigenvalue weighted by atomic mass is 9.99. The highest BCUT2D eigenvalue weighted by molar-refractivity contribution is 7.89. The fourth-order valence-corrected chi connectivity index (χ4v) is 6.15. The molecule has 4 rings (SSSR count). The van der Waals surface area contributed by atoms with E-state index in [2.05, 4.69) is 5.32 Å². The van der Waals surface area contributed by atoms with Gasteiger partial charge in [0.05, 0.1) is 17.4 Å². The van der Waals surface area contributed by atoms with Crippen molar-refractivity contribution < 1.29 is 22.7 Å². The summed E-state index contributed by atoms with van der Waals surface area (Å²) in [6.45, 7) is 3.43. The highest BCUT2D eigenvalue weighted by Gasteiger charge is 2.40. The second kappa shape index (κ2) is 8.88. The molecule has 8 nitrogen and oxygen atoms in total. The molecule has 0 spiro atoms. The lowest BCUT2D eigenvalue weighted by molar-refractivity contribution is -0.126. The minimum absolute atomic E-state index is 0.0382. The molecule has 1 saturated heterocycles. The number of ether oxygens (including phenoxy) is 1. The second-order valence-electron chi connectivity index (χ2n) is 8.81. The van der Waals surface area contributed by atoms with E-state index in [4.69, 9.17) is 4.74 Å². The summed E-state index contributed by atoms with van der Waals surface area (Å²) in [5.41, 5.74) is 1.73. The summed E-state index contributed by atoms with van der Waals surface area (Å²) in [5, 5.41) is 2.81. The van der Waals surface area contributed by atoms with Crippen LogP contribution < -0.4 is 10.2 Å². The van der Waals surface area contributed by atoms with Gasteiger partial charge in [-0.15, -0.1) is 0 Å². The first kappa shape index (κ1) is 22.2. The van der Waals surface area contributed by atoms with Gasteiger partial charge in [-0.2, -0.15) is 4.31 Å². The Morgan fingerprint density at radius 1 is 1.19 bits per heavy atom. The predicted molar refractivity (Wildman–Crippen MR) is 116 cm³/mol. The van der Waals surface area contributed by atoms with Crippen molar-refractivity contribution in [2.24, 2.45) is 11.8 Å². The molecule has 0 aromatic heterocycles. The molecule has 2 aliphatic heterocycles. The van der Waals surface area contributed by atoms with E-state index in [1.54, 1.807) is 25.3 Å². The van der Waals surface area contributed by atoms with Gasteiger partial charge in [-0.3, -0.25) is 9.59 Å². The molecule has 1 aliphatic carbocycles. The lowest BCUT2D eigenvalue weighted by Gasteiger charge is -2.31. The Kier molecular flexibility index (Phi) is 6.37. The molecule has 2 atom stereocenters. The Balaban J connectivity index is 1.49. The summed E-state index contributed by atoms with van der Waals surface area (Å²) in [7, 11) is -2.14. The average molecular weight is 450 g/mol. The van der Waals surface area contributed by atoms with Crippen LogP contribution in [0.5, 0.6) is 0 Å². The normalized spacial score (nSPS) is 24.1. The van der Waals surface area contributed by atoms with Crippen molar-refractivity contribution >= 4 is 27.5 Å². The Bertz CT molecular complexity index is 960. The van der Waals surface area contributed by atoms with Gasteiger partial charge in [0, 0.05) is 44.4 Å². The zero-order valence-electron chi connectivity index (χ0n) is 18.2. The van der Waals surface area contributed by atoms with Crippen LogP contribution in [0.3, 0.4) is 0 Å². The van der Waals surface area contributed by atoms with E-state index in [0.29, 0.717) is 39.0 Å². The molecule has 3 aliphatic rings. The molecular weight excluding hydrogens is 418 g/mol. The summed E-state index contributed by atoms with van der Waals surface area (Å²) in [5.74, 6) is -0.215. The Labute approximate surface area is 184 Å². The van der Waals surface area contributed by atoms with Crippen molar-refractivity contribution in [3.8, 4) is 0 Å². The summed E-state index contributed by atoms with van der Waals surface area (Å²) in [4.78, 5) is 27.1. The number of methoxy groups -OCH3 is 1. The van der Waals surface area contributed by atoms with Crippen LogP contribution in [0.25, 0.3) is 0 Å². The third-order valence-corrected chi connectivity index (χ3v) is 8.29. The minimum Gasteiger partial charge on any atom is -0.383 e. The Morgan fingerprint density at radius 3 is 2.68 bits per heavy atom. The summed E-state index contributed by atoms with van der Waals surface area (Å²) < 4.78 is 33.0. The molecule has 2 fully saturated rings. The number of fused-ring (bicyclic) bond motifs is 1. The van der Waals surface area contributed by atoms with Crippen LogP contribution >= 0.6 is 0 Å². The third kappa shape index (κ3) is 4.49. The third-order valence-electron chi connectivity index (χ3n) is 6.43. The van der Waals surface area contributed by atoms with Gasteiger partial charge < -0.3 is 15.0 Å². The zero-order valence-corrected chi connectivity index (χ0v) is 19.0. The van der Waals surface area contributed by atoms with Crippen LogP contribution in [0, 0.1) is 11.8 Å². The maximum absolute atomic E-state index is 13.3. The first-order chi connectivity index (χ1) is 14.8. The van der Waals surface area contributed by atoms with Gasteiger partial charge in [0.15, 0.2) is 0 Å². The number of carbonyl (C=O) groups is 2. The number of benzene rings is 1. The smallest absolute Gasteiger partial charge is 0.243 e. The summed E-state index contributed by atoms with van der Waals surface area (Å²) in [6, 6.07) is 5.12. The van der Waals surface area contributed by atoms with E-state index >= 15 is 0 Å². The molecule has 1 saturated carbocycles. The molecule has 2 amide bonds. The molecule has 0 radical (unpaired) electrons. The van der Waals surface area contributed by atoms with Gasteiger partial charge in [-0.05, 0) is 62.8 Å². The number of sulfonamides is 1. The maximum atomic E-state index is 13.3. The molecule has 31 heavy (non-hydrogen) atoms. The van der Waals surface area contributed by atoms with Gasteiger partial charge in [0.1, 0.15) is 0 Å². The first-order valence-corrected chi connectivity index (χ1v) is 12.5. The quantitative estimate of drug-likeness (QED) is 0.637. The second-order valence-corrected chi connectivity index (χ2v) is 10.8. The van der Waals surface area contributed by atoms with Crippen LogP contribution in [-0.2, 0) is 30.8 Å². The van der Waals surface area contributed by atoms with E-state index in [9.17, 15) is 18.0 Å². The number of hydrogen-bond donors (Lipinski definition) is 1. The highest BCUT2D eigenvalue weighted by Crippen LogP contribution is 2.40. The Hall–Kier alpha value is -1.97. The SMILES string of the molecule is COCCNC(=O)[C@@H]1CCCN(S(=O)(=O)c2ccc3c(c2)C[C@H](C)N3C(=O)C2CC2)C1. The molecule has 1 aromatic rings. The van der Waals surface area contributed by atoms with E-state index in [0.717, 1.165) is 24.1 Å². The zero-order chi connectivity index (χ0) is 22.2. The minimum atomic E-state index is -3.71. The number of amides is 2. The van der Waals surface area contributed by atoms with Crippen molar-refractivity contribution in [2.45, 2.75) is 50.0 Å². The number of piperidine rings is 1. The lowest BCUT2D eigenvalue weighted by Crippen LogP contribution is -2.45. The van der Waals surface area contributed by atoms with Gasteiger partial charge in [0.2, 0.25) is 21.8 Å². The van der Waals surface area contributed by atoms with Crippen LogP contribution in [0.2, 0.25) is 0 Å². The molecule has 2 heterocycles. The van der Waals surface area contributed by atoms with Crippen molar-refractivity contribution in [1.82, 2.24) is 9.62 Å². The van der Waals surface area contributed by atoms with Crippen LogP contribution in [0.15, 0.2) is 23.1 Å². The number of hydrogen-bond acceptors (Lipinski definition) is 5. The van der Waals surface area contributed by atoms with E-state index in [1.165, 1.54) is 4.31 Å². The fraction of sp³-hybridized carbons (Fsp3) is 0.636. The van der Waals surface area contributed by atoms with Gasteiger partial charge in [0.25, 0.3) is 0 Å². The van der Waals surface area contributed by atoms with E-state index in [-0.39, 0.29) is 41.1 Å². The van der Waals surface area contributed by atoms with E-state index < -0.39 is 10.0 Å². The van der Waals surface area contributed by atoms with Crippen molar-refractivity contribution in [3.63, 3.8) is 0 Å². The number of rotatable bonds is 7. The monoisotopic (exact) mass is 449 g/mol. The molecule has 1 aromatic carbocycles. The summed E-state index contributed by atoms with van der Waals surface area (Å²) >= 11 is 0. The van der Waals surface area contributed by atoms with Gasteiger partial charge in [-0.1, -0.05) is 0 Å². The fourth-order valence-electron chi connectivity index (χ4n) is 4.58. The largest absolute Gasteiger partial charge is 0.383 e. The van der Waals surface area contributed by atoms with Crippen molar-refractivity contribution in [2.75, 3.05) is 38.3 Å². The van der Waals surface area contributed by atoms with E-state index in [1.807, 2.05) is 11.8 Å². The molecule has 170 valence electrons. The standard InChI is InChI=1S/C22H31N3O5S/c1-15-12-18-13-19(7-8-20(18)25(15)22(27)16-5-6-16)31(28,29)24-10-3-4-17(14-24)21(26)23-9-11-30-2/h7-8,13,15-17H,3-6,9-12,14H2,1-2H3,(H,23,26)/t15-,17+/m0/s1. The molecular formula is C22H31N3O5S. The maximum Gasteiger partial charge on any atom is 0.243 e. The van der Waals surface area contributed by atoms with Crippen LogP contribution in [0.4, 0.5) is 5.69 Å². The molecule has 0 unspecified atom stereocenters. The predicted octanol–water partition coefficient (Wildman–Crippen LogP) is 1.54. The molecule has 1 N–H and O–H groups in total. The van der Waals surface area contributed by atoms with Gasteiger partial charge >= 0.3 is 0 Å². The average Bonchev–Trinajstić information content (AvgIpc) is 3.55. The van der Waals surface area contributed by atoms with Crippen molar-refractivity contribution in [3.05, 3.63) is 23.8 Å². The molecule has 0 bridgehead atoms. The number of nitrogens with one attached hydrogen (secondary N) is 1. The van der Waals surface area contributed by atoms with Crippen LogP contribution in [-0.4, -0.2) is 63.9 Å². The number of anilines is 1. The first-order valence-electron chi connectivity index (χ1n) is 11.1. The summed E-state index contributed by atoms with van der Waals surface area (Å²) in [6.07, 6.45) is 3.86. The molecule has 9 heteroatoms. The van der Waals surface area contributed by atoms with Gasteiger partial charge in [-0.25, -0.2) is 8.42 Å². The van der Waals surface area contributed by atoms with Crippen molar-refractivity contribution in [1.29, 1.82) is 0 Å².